The predicted octanol–water partition coefficient (Wildman–Crippen LogP) is 2.06. The SMILES string of the molecule is CCC(C)(C)NS(=O)(=O)c1ccccc1[N+](=O)[O-]. The second kappa shape index (κ2) is 5.03. The standard InChI is InChI=1S/C11H16N2O4S/c1-4-11(2,3)12-18(16,17)10-8-6-5-7-9(10)13(14)15/h5-8,12H,4H2,1-3H3. The van der Waals surface area contributed by atoms with Gasteiger partial charge >= 0.3 is 0 Å². The van der Waals surface area contributed by atoms with Gasteiger partial charge in [-0.25, -0.2) is 13.1 Å². The summed E-state index contributed by atoms with van der Waals surface area (Å²) in [6.45, 7) is 5.28. The number of hydrogen-bond acceptors (Lipinski definition) is 4. The van der Waals surface area contributed by atoms with Gasteiger partial charge in [0.05, 0.1) is 4.92 Å². The average molecular weight is 272 g/mol. The van der Waals surface area contributed by atoms with Crippen molar-refractivity contribution in [2.24, 2.45) is 0 Å². The number of nitro groups is 1. The summed E-state index contributed by atoms with van der Waals surface area (Å²) in [6, 6.07) is 5.29. The minimum absolute atomic E-state index is 0.309. The van der Waals surface area contributed by atoms with Gasteiger partial charge in [0.25, 0.3) is 5.69 Å². The third-order valence-corrected chi connectivity index (χ3v) is 4.39. The molecule has 0 fully saturated rings. The van der Waals surface area contributed by atoms with Gasteiger partial charge in [0.2, 0.25) is 10.0 Å². The molecule has 0 saturated carbocycles. The van der Waals surface area contributed by atoms with Gasteiger partial charge in [0, 0.05) is 11.6 Å². The highest BCUT2D eigenvalue weighted by Crippen LogP contribution is 2.24. The first-order chi connectivity index (χ1) is 8.19. The molecule has 0 aliphatic rings. The maximum absolute atomic E-state index is 12.1. The Morgan fingerprint density at radius 1 is 1.33 bits per heavy atom. The van der Waals surface area contributed by atoms with Gasteiger partial charge in [-0.3, -0.25) is 10.1 Å². The lowest BCUT2D eigenvalue weighted by Gasteiger charge is -2.23. The van der Waals surface area contributed by atoms with Gasteiger partial charge in [-0.05, 0) is 26.3 Å². The maximum Gasteiger partial charge on any atom is 0.289 e. The first-order valence-electron chi connectivity index (χ1n) is 5.47. The maximum atomic E-state index is 12.1. The van der Waals surface area contributed by atoms with Crippen LogP contribution in [-0.4, -0.2) is 18.9 Å². The Balaban J connectivity index is 3.26. The summed E-state index contributed by atoms with van der Waals surface area (Å²) in [5.41, 5.74) is -1.07. The van der Waals surface area contributed by atoms with Crippen LogP contribution < -0.4 is 4.72 Å². The molecule has 1 aromatic carbocycles. The number of rotatable bonds is 5. The van der Waals surface area contributed by atoms with Crippen molar-refractivity contribution in [2.45, 2.75) is 37.6 Å². The molecule has 0 unspecified atom stereocenters. The highest BCUT2D eigenvalue weighted by molar-refractivity contribution is 7.89. The van der Waals surface area contributed by atoms with E-state index in [0.29, 0.717) is 6.42 Å². The molecular weight excluding hydrogens is 256 g/mol. The van der Waals surface area contributed by atoms with Crippen molar-refractivity contribution in [3.8, 4) is 0 Å². The number of benzene rings is 1. The van der Waals surface area contributed by atoms with Crippen LogP contribution in [0.1, 0.15) is 27.2 Å². The average Bonchev–Trinajstić information content (AvgIpc) is 2.28. The van der Waals surface area contributed by atoms with E-state index in [1.807, 2.05) is 6.92 Å². The Labute approximate surface area is 106 Å². The Hall–Kier alpha value is -1.47. The van der Waals surface area contributed by atoms with Crippen LogP contribution in [-0.2, 0) is 10.0 Å². The van der Waals surface area contributed by atoms with Crippen molar-refractivity contribution in [1.82, 2.24) is 4.72 Å². The minimum Gasteiger partial charge on any atom is -0.258 e. The zero-order chi connectivity index (χ0) is 14.0. The largest absolute Gasteiger partial charge is 0.289 e. The van der Waals surface area contributed by atoms with Crippen LogP contribution in [0.25, 0.3) is 0 Å². The van der Waals surface area contributed by atoms with Crippen molar-refractivity contribution in [1.29, 1.82) is 0 Å². The zero-order valence-electron chi connectivity index (χ0n) is 10.5. The fourth-order valence-electron chi connectivity index (χ4n) is 1.33. The van der Waals surface area contributed by atoms with Crippen LogP contribution in [0, 0.1) is 10.1 Å². The molecule has 7 heteroatoms. The molecule has 18 heavy (non-hydrogen) atoms. The van der Waals surface area contributed by atoms with E-state index in [2.05, 4.69) is 4.72 Å². The molecule has 0 atom stereocenters. The third-order valence-electron chi connectivity index (χ3n) is 2.65. The smallest absolute Gasteiger partial charge is 0.258 e. The lowest BCUT2D eigenvalue weighted by atomic mass is 10.0. The lowest BCUT2D eigenvalue weighted by molar-refractivity contribution is -0.387. The molecule has 1 aromatic rings. The zero-order valence-corrected chi connectivity index (χ0v) is 11.3. The Kier molecular flexibility index (Phi) is 4.08. The number of hydrogen-bond donors (Lipinski definition) is 1. The van der Waals surface area contributed by atoms with Gasteiger partial charge < -0.3 is 0 Å². The number of nitrogens with one attached hydrogen (secondary N) is 1. The number of sulfonamides is 1. The summed E-state index contributed by atoms with van der Waals surface area (Å²) >= 11 is 0. The summed E-state index contributed by atoms with van der Waals surface area (Å²) in [5, 5.41) is 10.8. The van der Waals surface area contributed by atoms with Crippen LogP contribution in [0.3, 0.4) is 0 Å². The molecule has 1 N–H and O–H groups in total. The second-order valence-corrected chi connectivity index (χ2v) is 6.22. The van der Waals surface area contributed by atoms with Gasteiger partial charge in [-0.15, -0.1) is 0 Å². The third kappa shape index (κ3) is 3.27. The number of nitro benzene ring substituents is 1. The van der Waals surface area contributed by atoms with Crippen LogP contribution in [0.4, 0.5) is 5.69 Å². The van der Waals surface area contributed by atoms with Gasteiger partial charge in [-0.2, -0.15) is 0 Å². The van der Waals surface area contributed by atoms with E-state index in [1.165, 1.54) is 24.3 Å². The molecule has 0 aromatic heterocycles. The van der Waals surface area contributed by atoms with Crippen LogP contribution in [0.2, 0.25) is 0 Å². The highest BCUT2D eigenvalue weighted by atomic mass is 32.2. The van der Waals surface area contributed by atoms with Crippen molar-refractivity contribution in [2.75, 3.05) is 0 Å². The molecule has 100 valence electrons. The molecule has 0 aliphatic carbocycles. The fraction of sp³-hybridized carbons (Fsp3) is 0.455. The molecule has 0 radical (unpaired) electrons. The Morgan fingerprint density at radius 2 is 1.89 bits per heavy atom. The van der Waals surface area contributed by atoms with Crippen molar-refractivity contribution >= 4 is 15.7 Å². The molecule has 0 aliphatic heterocycles. The van der Waals surface area contributed by atoms with E-state index in [9.17, 15) is 18.5 Å². The van der Waals surface area contributed by atoms with E-state index >= 15 is 0 Å². The Morgan fingerprint density at radius 3 is 2.39 bits per heavy atom. The van der Waals surface area contributed by atoms with Crippen LogP contribution in [0.5, 0.6) is 0 Å². The van der Waals surface area contributed by atoms with Gasteiger partial charge in [-0.1, -0.05) is 19.1 Å². The topological polar surface area (TPSA) is 89.3 Å². The summed E-state index contributed by atoms with van der Waals surface area (Å²) in [5.74, 6) is 0. The molecule has 1 rings (SSSR count). The van der Waals surface area contributed by atoms with E-state index in [0.717, 1.165) is 0 Å². The molecule has 0 saturated heterocycles. The minimum atomic E-state index is -3.90. The number of para-hydroxylation sites is 1. The summed E-state index contributed by atoms with van der Waals surface area (Å²) in [6.07, 6.45) is 0.576. The number of nitrogens with zero attached hydrogens (tertiary/aromatic N) is 1. The van der Waals surface area contributed by atoms with Crippen molar-refractivity contribution < 1.29 is 13.3 Å². The van der Waals surface area contributed by atoms with E-state index < -0.39 is 26.2 Å². The van der Waals surface area contributed by atoms with Crippen molar-refractivity contribution in [3.05, 3.63) is 34.4 Å². The molecular formula is C11H16N2O4S. The van der Waals surface area contributed by atoms with Crippen molar-refractivity contribution in [3.63, 3.8) is 0 Å². The molecule has 0 spiro atoms. The molecule has 0 bridgehead atoms. The quantitative estimate of drug-likeness (QED) is 0.656. The summed E-state index contributed by atoms with van der Waals surface area (Å²) in [4.78, 5) is 9.81. The van der Waals surface area contributed by atoms with E-state index in [4.69, 9.17) is 0 Å². The highest BCUT2D eigenvalue weighted by Gasteiger charge is 2.30. The first kappa shape index (κ1) is 14.6. The normalized spacial score (nSPS) is 12.4. The molecule has 0 amide bonds. The predicted molar refractivity (Wildman–Crippen MR) is 67.8 cm³/mol. The summed E-state index contributed by atoms with van der Waals surface area (Å²) < 4.78 is 26.7. The fourth-order valence-corrected chi connectivity index (χ4v) is 2.98. The Bertz CT molecular complexity index is 552. The molecule has 0 heterocycles. The van der Waals surface area contributed by atoms with Crippen LogP contribution >= 0.6 is 0 Å². The van der Waals surface area contributed by atoms with Gasteiger partial charge in [0.15, 0.2) is 4.90 Å². The van der Waals surface area contributed by atoms with E-state index in [1.54, 1.807) is 13.8 Å². The second-order valence-electron chi connectivity index (χ2n) is 4.57. The lowest BCUT2D eigenvalue weighted by Crippen LogP contribution is -2.42. The van der Waals surface area contributed by atoms with E-state index in [-0.39, 0.29) is 4.90 Å². The van der Waals surface area contributed by atoms with Crippen LogP contribution in [0.15, 0.2) is 29.2 Å². The first-order valence-corrected chi connectivity index (χ1v) is 6.95. The molecule has 6 nitrogen and oxygen atoms in total. The van der Waals surface area contributed by atoms with Gasteiger partial charge in [0.1, 0.15) is 0 Å². The summed E-state index contributed by atoms with van der Waals surface area (Å²) in [7, 11) is -3.90. The monoisotopic (exact) mass is 272 g/mol.